The molecule has 0 saturated heterocycles. The molecule has 0 saturated carbocycles. The molecule has 2 aromatic rings. The zero-order valence-corrected chi connectivity index (χ0v) is 13.9. The number of aryl methyl sites for hydroxylation is 2. The molecule has 0 aromatic carbocycles. The Morgan fingerprint density at radius 3 is 2.68 bits per heavy atom. The summed E-state index contributed by atoms with van der Waals surface area (Å²) in [5.74, 6) is 0.647. The second-order valence-electron chi connectivity index (χ2n) is 6.80. The maximum Gasteiger partial charge on any atom is 0.271 e. The third kappa shape index (κ3) is 2.32. The second kappa shape index (κ2) is 4.97. The molecule has 0 atom stereocenters. The second-order valence-corrected chi connectivity index (χ2v) is 6.80. The van der Waals surface area contributed by atoms with Gasteiger partial charge in [0.1, 0.15) is 11.5 Å². The third-order valence-electron chi connectivity index (χ3n) is 4.29. The zero-order chi connectivity index (χ0) is 16.1. The fraction of sp³-hybridized carbons (Fsp3) is 0.562. The molecule has 6 heteroatoms. The van der Waals surface area contributed by atoms with Crippen molar-refractivity contribution in [3.05, 3.63) is 22.8 Å². The van der Waals surface area contributed by atoms with Gasteiger partial charge >= 0.3 is 0 Å². The molecule has 2 aromatic heterocycles. The molecule has 2 N–H and O–H groups in total. The summed E-state index contributed by atoms with van der Waals surface area (Å²) in [5.41, 5.74) is 4.45. The van der Waals surface area contributed by atoms with Gasteiger partial charge in [0.2, 0.25) is 0 Å². The van der Waals surface area contributed by atoms with Crippen LogP contribution in [0.3, 0.4) is 0 Å². The minimum atomic E-state index is -0.0961. The predicted octanol–water partition coefficient (Wildman–Crippen LogP) is 2.22. The fourth-order valence-corrected chi connectivity index (χ4v) is 3.14. The van der Waals surface area contributed by atoms with E-state index in [1.165, 1.54) is 0 Å². The summed E-state index contributed by atoms with van der Waals surface area (Å²) in [6.45, 7) is 11.9. The Hall–Kier alpha value is -2.11. The average molecular weight is 301 g/mol. The fourth-order valence-electron chi connectivity index (χ4n) is 3.14. The van der Waals surface area contributed by atoms with Gasteiger partial charge in [-0.25, -0.2) is 4.98 Å². The van der Waals surface area contributed by atoms with E-state index >= 15 is 0 Å². The Kier molecular flexibility index (Phi) is 3.34. The number of carbonyl (C=O) groups is 1. The highest BCUT2D eigenvalue weighted by Crippen LogP contribution is 2.30. The van der Waals surface area contributed by atoms with E-state index in [9.17, 15) is 4.79 Å². The Morgan fingerprint density at radius 2 is 2.05 bits per heavy atom. The van der Waals surface area contributed by atoms with Gasteiger partial charge in [0.15, 0.2) is 0 Å². The van der Waals surface area contributed by atoms with Crippen molar-refractivity contribution in [1.82, 2.24) is 25.1 Å². The first-order valence-electron chi connectivity index (χ1n) is 7.74. The van der Waals surface area contributed by atoms with Crippen LogP contribution < -0.4 is 5.32 Å². The van der Waals surface area contributed by atoms with Gasteiger partial charge in [-0.15, -0.1) is 0 Å². The minimum absolute atomic E-state index is 0.0163. The standard InChI is InChI=1S/C16H23N5O/c1-6-21-10(3)12(9(2)20-21)14-18-11-7-16(4,5)8-17-15(22)13(11)19-14/h6-8H2,1-5H3,(H,17,22)(H,18,19). The lowest BCUT2D eigenvalue weighted by molar-refractivity contribution is 0.0940. The molecule has 22 heavy (non-hydrogen) atoms. The summed E-state index contributed by atoms with van der Waals surface area (Å²) in [7, 11) is 0. The zero-order valence-electron chi connectivity index (χ0n) is 13.9. The highest BCUT2D eigenvalue weighted by Gasteiger charge is 2.30. The van der Waals surface area contributed by atoms with Crippen molar-refractivity contribution >= 4 is 5.91 Å². The molecule has 0 bridgehead atoms. The lowest BCUT2D eigenvalue weighted by atomic mass is 9.88. The highest BCUT2D eigenvalue weighted by atomic mass is 16.1. The lowest BCUT2D eigenvalue weighted by Gasteiger charge is -2.21. The van der Waals surface area contributed by atoms with Crippen LogP contribution in [0.15, 0.2) is 0 Å². The largest absolute Gasteiger partial charge is 0.350 e. The number of hydrogen-bond donors (Lipinski definition) is 2. The number of fused-ring (bicyclic) bond motifs is 1. The summed E-state index contributed by atoms with van der Waals surface area (Å²) in [6.07, 6.45) is 0.800. The first-order valence-corrected chi connectivity index (χ1v) is 7.74. The maximum atomic E-state index is 12.3. The molecule has 118 valence electrons. The van der Waals surface area contributed by atoms with Gasteiger partial charge in [-0.2, -0.15) is 5.10 Å². The van der Waals surface area contributed by atoms with Gasteiger partial charge < -0.3 is 10.3 Å². The Labute approximate surface area is 130 Å². The van der Waals surface area contributed by atoms with E-state index in [0.717, 1.165) is 41.4 Å². The lowest BCUT2D eigenvalue weighted by Crippen LogP contribution is -2.32. The van der Waals surface area contributed by atoms with Crippen LogP contribution in [0.25, 0.3) is 11.4 Å². The van der Waals surface area contributed by atoms with Gasteiger partial charge in [-0.1, -0.05) is 13.8 Å². The van der Waals surface area contributed by atoms with Crippen LogP contribution in [0.5, 0.6) is 0 Å². The van der Waals surface area contributed by atoms with Crippen molar-refractivity contribution in [3.63, 3.8) is 0 Å². The van der Waals surface area contributed by atoms with Crippen LogP contribution in [-0.4, -0.2) is 32.2 Å². The number of nitrogens with zero attached hydrogens (tertiary/aromatic N) is 3. The molecule has 3 rings (SSSR count). The number of carbonyl (C=O) groups excluding carboxylic acids is 1. The number of imidazole rings is 1. The highest BCUT2D eigenvalue weighted by molar-refractivity contribution is 5.94. The number of rotatable bonds is 2. The topological polar surface area (TPSA) is 75.6 Å². The Balaban J connectivity index is 2.11. The third-order valence-corrected chi connectivity index (χ3v) is 4.29. The van der Waals surface area contributed by atoms with Crippen molar-refractivity contribution < 1.29 is 4.79 Å². The molecule has 0 aliphatic carbocycles. The average Bonchev–Trinajstić information content (AvgIpc) is 2.93. The number of H-pyrrole nitrogens is 1. The van der Waals surface area contributed by atoms with E-state index in [1.54, 1.807) is 0 Å². The van der Waals surface area contributed by atoms with Crippen LogP contribution in [-0.2, 0) is 13.0 Å². The number of aromatic nitrogens is 4. The number of aromatic amines is 1. The molecule has 0 radical (unpaired) electrons. The summed E-state index contributed by atoms with van der Waals surface area (Å²) >= 11 is 0. The molecule has 6 nitrogen and oxygen atoms in total. The molecular weight excluding hydrogens is 278 g/mol. The summed E-state index contributed by atoms with van der Waals surface area (Å²) < 4.78 is 1.96. The molecule has 3 heterocycles. The van der Waals surface area contributed by atoms with Crippen molar-refractivity contribution in [2.24, 2.45) is 5.41 Å². The van der Waals surface area contributed by atoms with Crippen LogP contribution in [0.2, 0.25) is 0 Å². The Bertz CT molecular complexity index is 738. The number of hydrogen-bond acceptors (Lipinski definition) is 3. The molecule has 0 spiro atoms. The normalized spacial score (nSPS) is 17.0. The predicted molar refractivity (Wildman–Crippen MR) is 84.8 cm³/mol. The van der Waals surface area contributed by atoms with Crippen LogP contribution in [0.1, 0.15) is 48.3 Å². The van der Waals surface area contributed by atoms with Crippen LogP contribution in [0, 0.1) is 19.3 Å². The Morgan fingerprint density at radius 1 is 1.32 bits per heavy atom. The monoisotopic (exact) mass is 301 g/mol. The quantitative estimate of drug-likeness (QED) is 0.893. The van der Waals surface area contributed by atoms with Crippen LogP contribution in [0.4, 0.5) is 0 Å². The molecule has 1 aliphatic heterocycles. The van der Waals surface area contributed by atoms with E-state index in [2.05, 4.69) is 41.2 Å². The maximum absolute atomic E-state index is 12.3. The first kappa shape index (κ1) is 14.8. The van der Waals surface area contributed by atoms with E-state index in [4.69, 9.17) is 0 Å². The molecule has 1 amide bonds. The van der Waals surface area contributed by atoms with E-state index < -0.39 is 0 Å². The van der Waals surface area contributed by atoms with Crippen molar-refractivity contribution in [2.45, 2.75) is 47.6 Å². The van der Waals surface area contributed by atoms with Crippen molar-refractivity contribution in [3.8, 4) is 11.4 Å². The summed E-state index contributed by atoms with van der Waals surface area (Å²) in [6, 6.07) is 0. The van der Waals surface area contributed by atoms with Gasteiger partial charge in [-0.05, 0) is 32.6 Å². The minimum Gasteiger partial charge on any atom is -0.350 e. The molecule has 0 fully saturated rings. The number of nitrogens with one attached hydrogen (secondary N) is 2. The summed E-state index contributed by atoms with van der Waals surface area (Å²) in [5, 5.41) is 7.49. The molecule has 0 unspecified atom stereocenters. The number of amides is 1. The van der Waals surface area contributed by atoms with Gasteiger partial charge in [0.25, 0.3) is 5.91 Å². The van der Waals surface area contributed by atoms with E-state index in [1.807, 2.05) is 18.5 Å². The summed E-state index contributed by atoms with van der Waals surface area (Å²) in [4.78, 5) is 20.2. The van der Waals surface area contributed by atoms with Gasteiger partial charge in [-0.3, -0.25) is 9.48 Å². The van der Waals surface area contributed by atoms with Crippen LogP contribution >= 0.6 is 0 Å². The van der Waals surface area contributed by atoms with Gasteiger partial charge in [0, 0.05) is 24.5 Å². The molecular formula is C16H23N5O. The van der Waals surface area contributed by atoms with Crippen molar-refractivity contribution in [1.29, 1.82) is 0 Å². The smallest absolute Gasteiger partial charge is 0.271 e. The SMILES string of the molecule is CCn1nc(C)c(-c2nc3c([nH]2)CC(C)(C)CNC3=O)c1C. The van der Waals surface area contributed by atoms with Crippen molar-refractivity contribution in [2.75, 3.05) is 6.54 Å². The van der Waals surface area contributed by atoms with E-state index in [0.29, 0.717) is 12.2 Å². The molecule has 1 aliphatic rings. The first-order chi connectivity index (χ1) is 10.3. The van der Waals surface area contributed by atoms with Gasteiger partial charge in [0.05, 0.1) is 11.3 Å². The van der Waals surface area contributed by atoms with E-state index in [-0.39, 0.29) is 11.3 Å².